The van der Waals surface area contributed by atoms with Gasteiger partial charge in [0.15, 0.2) is 0 Å². The highest BCUT2D eigenvalue weighted by atomic mass is 32.1. The van der Waals surface area contributed by atoms with Gasteiger partial charge in [0.05, 0.1) is 16.3 Å². The molecule has 32 heavy (non-hydrogen) atoms. The van der Waals surface area contributed by atoms with Crippen molar-refractivity contribution in [3.8, 4) is 5.69 Å². The van der Waals surface area contributed by atoms with Crippen LogP contribution in [0.2, 0.25) is 0 Å². The highest BCUT2D eigenvalue weighted by Gasteiger charge is 2.29. The number of anilines is 1. The first kappa shape index (κ1) is 22.2. The summed E-state index contributed by atoms with van der Waals surface area (Å²) < 4.78 is 15.0. The average Bonchev–Trinajstić information content (AvgIpc) is 3.44. The van der Waals surface area contributed by atoms with E-state index in [0.717, 1.165) is 10.6 Å². The lowest BCUT2D eigenvalue weighted by atomic mass is 9.92. The minimum absolute atomic E-state index is 0.0306. The number of hydrogen-bond donors (Lipinski definition) is 1. The first-order valence-electron chi connectivity index (χ1n) is 10.7. The van der Waals surface area contributed by atoms with Crippen molar-refractivity contribution < 1.29 is 14.0 Å². The third-order valence-corrected chi connectivity index (χ3v) is 6.54. The SMILES string of the molecule is CC(C)(C)c1cc(NC(=O)C2CCN(C(=O)c3cccs3)CC2)n(-c2ccc(F)cc2)n1. The Hall–Kier alpha value is -3.00. The third kappa shape index (κ3) is 4.75. The Morgan fingerprint density at radius 3 is 2.41 bits per heavy atom. The summed E-state index contributed by atoms with van der Waals surface area (Å²) in [5, 5.41) is 9.59. The van der Waals surface area contributed by atoms with E-state index in [0.29, 0.717) is 37.4 Å². The fourth-order valence-corrected chi connectivity index (χ4v) is 4.44. The molecular weight excluding hydrogens is 427 g/mol. The summed E-state index contributed by atoms with van der Waals surface area (Å²) in [4.78, 5) is 28.1. The zero-order valence-corrected chi connectivity index (χ0v) is 19.3. The van der Waals surface area contributed by atoms with Gasteiger partial charge in [0, 0.05) is 30.5 Å². The second-order valence-electron chi connectivity index (χ2n) is 9.09. The van der Waals surface area contributed by atoms with Crippen LogP contribution in [0.15, 0.2) is 47.8 Å². The minimum Gasteiger partial charge on any atom is -0.338 e. The van der Waals surface area contributed by atoms with Gasteiger partial charge in [0.1, 0.15) is 11.6 Å². The van der Waals surface area contributed by atoms with E-state index in [9.17, 15) is 14.0 Å². The van der Waals surface area contributed by atoms with Gasteiger partial charge >= 0.3 is 0 Å². The summed E-state index contributed by atoms with van der Waals surface area (Å²) in [7, 11) is 0. The maximum Gasteiger partial charge on any atom is 0.263 e. The number of carbonyl (C=O) groups is 2. The quantitative estimate of drug-likeness (QED) is 0.612. The Bertz CT molecular complexity index is 1090. The number of rotatable bonds is 4. The molecule has 1 aliphatic rings. The number of aromatic nitrogens is 2. The van der Waals surface area contributed by atoms with Crippen molar-refractivity contribution in [2.45, 2.75) is 39.0 Å². The molecule has 1 fully saturated rings. The number of halogens is 1. The van der Waals surface area contributed by atoms with Crippen LogP contribution in [-0.4, -0.2) is 39.6 Å². The van der Waals surface area contributed by atoms with Gasteiger partial charge < -0.3 is 10.2 Å². The summed E-state index contributed by atoms with van der Waals surface area (Å²) in [6.45, 7) is 7.27. The zero-order chi connectivity index (χ0) is 22.9. The van der Waals surface area contributed by atoms with E-state index in [2.05, 4.69) is 31.2 Å². The van der Waals surface area contributed by atoms with Crippen molar-refractivity contribution in [2.24, 2.45) is 5.92 Å². The van der Waals surface area contributed by atoms with E-state index in [1.54, 1.807) is 16.8 Å². The molecule has 0 atom stereocenters. The Morgan fingerprint density at radius 1 is 1.12 bits per heavy atom. The molecular formula is C24H27FN4O2S. The average molecular weight is 455 g/mol. The molecule has 0 saturated carbocycles. The fourth-order valence-electron chi connectivity index (χ4n) is 3.74. The van der Waals surface area contributed by atoms with Crippen LogP contribution in [-0.2, 0) is 10.2 Å². The van der Waals surface area contributed by atoms with E-state index < -0.39 is 0 Å². The van der Waals surface area contributed by atoms with E-state index in [4.69, 9.17) is 0 Å². The van der Waals surface area contributed by atoms with Gasteiger partial charge in [-0.3, -0.25) is 9.59 Å². The summed E-state index contributed by atoms with van der Waals surface area (Å²) in [5.74, 6) is -0.00735. The third-order valence-electron chi connectivity index (χ3n) is 5.69. The van der Waals surface area contributed by atoms with E-state index >= 15 is 0 Å². The second kappa shape index (κ2) is 8.86. The van der Waals surface area contributed by atoms with Crippen LogP contribution in [0.25, 0.3) is 5.69 Å². The van der Waals surface area contributed by atoms with Crippen LogP contribution in [0.3, 0.4) is 0 Å². The molecule has 0 aliphatic carbocycles. The van der Waals surface area contributed by atoms with Crippen LogP contribution < -0.4 is 5.32 Å². The van der Waals surface area contributed by atoms with Crippen molar-refractivity contribution in [3.05, 3.63) is 64.2 Å². The van der Waals surface area contributed by atoms with Gasteiger partial charge in [-0.1, -0.05) is 26.8 Å². The number of piperidine rings is 1. The van der Waals surface area contributed by atoms with Crippen molar-refractivity contribution in [3.63, 3.8) is 0 Å². The molecule has 0 spiro atoms. The molecule has 3 heterocycles. The number of nitrogens with one attached hydrogen (secondary N) is 1. The molecule has 4 rings (SSSR count). The molecule has 2 amide bonds. The monoisotopic (exact) mass is 454 g/mol. The molecule has 0 unspecified atom stereocenters. The van der Waals surface area contributed by atoms with Gasteiger partial charge in [-0.2, -0.15) is 5.10 Å². The highest BCUT2D eigenvalue weighted by Crippen LogP contribution is 2.28. The van der Waals surface area contributed by atoms with Gasteiger partial charge in [0.2, 0.25) is 5.91 Å². The number of thiophene rings is 1. The molecule has 6 nitrogen and oxygen atoms in total. The predicted molar refractivity (Wildman–Crippen MR) is 124 cm³/mol. The lowest BCUT2D eigenvalue weighted by Crippen LogP contribution is -2.41. The molecule has 0 radical (unpaired) electrons. The predicted octanol–water partition coefficient (Wildman–Crippen LogP) is 4.86. The first-order chi connectivity index (χ1) is 15.2. The fraction of sp³-hybridized carbons (Fsp3) is 0.375. The number of likely N-dealkylation sites (tertiary alicyclic amines) is 1. The highest BCUT2D eigenvalue weighted by molar-refractivity contribution is 7.12. The van der Waals surface area contributed by atoms with E-state index in [1.807, 2.05) is 28.5 Å². The maximum absolute atomic E-state index is 13.4. The first-order valence-corrected chi connectivity index (χ1v) is 11.6. The number of amides is 2. The van der Waals surface area contributed by atoms with Gasteiger partial charge in [0.25, 0.3) is 5.91 Å². The molecule has 0 bridgehead atoms. The Morgan fingerprint density at radius 2 is 1.81 bits per heavy atom. The van der Waals surface area contributed by atoms with Crippen LogP contribution in [0.4, 0.5) is 10.2 Å². The molecule has 168 valence electrons. The van der Waals surface area contributed by atoms with Crippen LogP contribution in [0.1, 0.15) is 49.0 Å². The Kier molecular flexibility index (Phi) is 6.15. The number of hydrogen-bond acceptors (Lipinski definition) is 4. The summed E-state index contributed by atoms with van der Waals surface area (Å²) in [6.07, 6.45) is 1.22. The smallest absolute Gasteiger partial charge is 0.263 e. The number of nitrogens with zero attached hydrogens (tertiary/aromatic N) is 3. The summed E-state index contributed by atoms with van der Waals surface area (Å²) in [6, 6.07) is 11.6. The Balaban J connectivity index is 1.48. The molecule has 1 aromatic carbocycles. The van der Waals surface area contributed by atoms with Crippen molar-refractivity contribution in [1.82, 2.24) is 14.7 Å². The minimum atomic E-state index is -0.327. The van der Waals surface area contributed by atoms with Crippen LogP contribution >= 0.6 is 11.3 Å². The number of benzene rings is 1. The van der Waals surface area contributed by atoms with Crippen molar-refractivity contribution in [2.75, 3.05) is 18.4 Å². The van der Waals surface area contributed by atoms with Gasteiger partial charge in [-0.25, -0.2) is 9.07 Å². The normalized spacial score (nSPS) is 15.1. The molecule has 1 N–H and O–H groups in total. The molecule has 1 saturated heterocycles. The zero-order valence-electron chi connectivity index (χ0n) is 18.5. The van der Waals surface area contributed by atoms with E-state index in [-0.39, 0.29) is 29.0 Å². The molecule has 1 aliphatic heterocycles. The summed E-state index contributed by atoms with van der Waals surface area (Å²) in [5.41, 5.74) is 1.29. The lowest BCUT2D eigenvalue weighted by molar-refractivity contribution is -0.121. The van der Waals surface area contributed by atoms with Crippen molar-refractivity contribution >= 4 is 29.0 Å². The largest absolute Gasteiger partial charge is 0.338 e. The standard InChI is InChI=1S/C24H27FN4O2S/c1-24(2,3)20-15-21(29(27-20)18-8-6-17(25)7-9-18)26-22(30)16-10-12-28(13-11-16)23(31)19-5-4-14-32-19/h4-9,14-16H,10-13H2,1-3H3,(H,26,30). The summed E-state index contributed by atoms with van der Waals surface area (Å²) >= 11 is 1.43. The maximum atomic E-state index is 13.4. The second-order valence-corrected chi connectivity index (χ2v) is 10.0. The van der Waals surface area contributed by atoms with Crippen LogP contribution in [0.5, 0.6) is 0 Å². The molecule has 3 aromatic rings. The number of carbonyl (C=O) groups excluding carboxylic acids is 2. The lowest BCUT2D eigenvalue weighted by Gasteiger charge is -2.31. The van der Waals surface area contributed by atoms with Crippen LogP contribution in [0, 0.1) is 11.7 Å². The molecule has 2 aromatic heterocycles. The Labute approximate surface area is 191 Å². The van der Waals surface area contributed by atoms with Crippen molar-refractivity contribution in [1.29, 1.82) is 0 Å². The molecule has 8 heteroatoms. The van der Waals surface area contributed by atoms with Gasteiger partial charge in [-0.15, -0.1) is 11.3 Å². The van der Waals surface area contributed by atoms with Gasteiger partial charge in [-0.05, 0) is 48.6 Å². The van der Waals surface area contributed by atoms with E-state index in [1.165, 1.54) is 23.5 Å². The topological polar surface area (TPSA) is 67.2 Å².